The van der Waals surface area contributed by atoms with Gasteiger partial charge in [0.2, 0.25) is 0 Å². The van der Waals surface area contributed by atoms with Crippen molar-refractivity contribution in [1.29, 1.82) is 0 Å². The highest BCUT2D eigenvalue weighted by molar-refractivity contribution is 5.79. The highest BCUT2D eigenvalue weighted by atomic mass is 16.5. The van der Waals surface area contributed by atoms with Crippen LogP contribution in [0.3, 0.4) is 0 Å². The number of anilines is 2. The van der Waals surface area contributed by atoms with Gasteiger partial charge in [-0.25, -0.2) is 0 Å². The Bertz CT molecular complexity index is 1160. The second-order valence-electron chi connectivity index (χ2n) is 7.56. The lowest BCUT2D eigenvalue weighted by Gasteiger charge is -2.11. The number of benzene rings is 2. The average molecular weight is 429 g/mol. The van der Waals surface area contributed by atoms with E-state index in [1.54, 1.807) is 25.3 Å². The predicted octanol–water partition coefficient (Wildman–Crippen LogP) is 6.59. The van der Waals surface area contributed by atoms with Crippen molar-refractivity contribution in [3.8, 4) is 5.75 Å². The molecule has 0 aliphatic heterocycles. The summed E-state index contributed by atoms with van der Waals surface area (Å²) < 4.78 is 11.6. The Morgan fingerprint density at radius 2 is 1.66 bits per heavy atom. The number of nitrogens with one attached hydrogen (secondary N) is 2. The quantitative estimate of drug-likeness (QED) is 0.174. The minimum atomic E-state index is 0.148. The molecule has 0 unspecified atom stereocenters. The smallest absolute Gasteiger partial charge is 0.185 e. The molecule has 0 saturated heterocycles. The van der Waals surface area contributed by atoms with Gasteiger partial charge in [-0.1, -0.05) is 24.8 Å². The molecule has 0 aliphatic rings. The van der Waals surface area contributed by atoms with Crippen molar-refractivity contribution >= 4 is 29.8 Å². The zero-order chi connectivity index (χ0) is 23.1. The number of aryl methyl sites for hydroxylation is 2. The lowest BCUT2D eigenvalue weighted by Crippen LogP contribution is -2.00. The van der Waals surface area contributed by atoms with Crippen LogP contribution in [0.5, 0.6) is 5.75 Å². The number of ether oxygens (including phenoxy) is 1. The van der Waals surface area contributed by atoms with Crippen LogP contribution in [0.15, 0.2) is 82.6 Å². The van der Waals surface area contributed by atoms with Gasteiger partial charge in [-0.05, 0) is 79.9 Å². The molecular weight excluding hydrogens is 400 g/mol. The summed E-state index contributed by atoms with van der Waals surface area (Å²) in [5.74, 6) is 1.87. The molecule has 1 heterocycles. The lowest BCUT2D eigenvalue weighted by atomic mass is 10.1. The molecule has 3 aromatic rings. The standard InChI is InChI=1S/C27H28N2O3/c1-18-12-19(2)14-22(13-18)29-21(4)20(3)15-23-10-11-24(31-23)16-25(17-30)32-27-9-7-6-8-26(27)28-5/h6-17,28-29H,4H2,1-3,5H3/b20-15+,25-16-. The van der Waals surface area contributed by atoms with Crippen LogP contribution < -0.4 is 15.4 Å². The van der Waals surface area contributed by atoms with Gasteiger partial charge in [0.1, 0.15) is 11.5 Å². The van der Waals surface area contributed by atoms with Crippen molar-refractivity contribution in [1.82, 2.24) is 0 Å². The zero-order valence-corrected chi connectivity index (χ0v) is 18.9. The van der Waals surface area contributed by atoms with Gasteiger partial charge in [0.15, 0.2) is 17.8 Å². The third-order valence-corrected chi connectivity index (χ3v) is 4.78. The first-order chi connectivity index (χ1) is 15.4. The van der Waals surface area contributed by atoms with Gasteiger partial charge >= 0.3 is 0 Å². The Morgan fingerprint density at radius 3 is 2.31 bits per heavy atom. The van der Waals surface area contributed by atoms with E-state index in [4.69, 9.17) is 9.15 Å². The van der Waals surface area contributed by atoms with E-state index in [1.165, 1.54) is 11.1 Å². The maximum atomic E-state index is 11.5. The second-order valence-corrected chi connectivity index (χ2v) is 7.56. The minimum absolute atomic E-state index is 0.148. The van der Waals surface area contributed by atoms with E-state index in [2.05, 4.69) is 49.3 Å². The molecule has 2 aromatic carbocycles. The summed E-state index contributed by atoms with van der Waals surface area (Å²) in [7, 11) is 1.79. The Hall–Kier alpha value is -3.99. The molecule has 32 heavy (non-hydrogen) atoms. The van der Waals surface area contributed by atoms with Crippen molar-refractivity contribution in [2.45, 2.75) is 20.8 Å². The van der Waals surface area contributed by atoms with Gasteiger partial charge in [0, 0.05) is 24.5 Å². The van der Waals surface area contributed by atoms with Gasteiger partial charge in [0.05, 0.1) is 5.69 Å². The van der Waals surface area contributed by atoms with Crippen LogP contribution in [0.2, 0.25) is 0 Å². The number of para-hydroxylation sites is 2. The van der Waals surface area contributed by atoms with Gasteiger partial charge in [-0.15, -0.1) is 0 Å². The third kappa shape index (κ3) is 6.01. The van der Waals surface area contributed by atoms with Crippen LogP contribution in [-0.4, -0.2) is 13.3 Å². The largest absolute Gasteiger partial charge is 0.457 e. The monoisotopic (exact) mass is 428 g/mol. The molecule has 0 radical (unpaired) electrons. The van der Waals surface area contributed by atoms with Crippen LogP contribution in [-0.2, 0) is 4.79 Å². The first-order valence-electron chi connectivity index (χ1n) is 10.3. The minimum Gasteiger partial charge on any atom is -0.457 e. The highest BCUT2D eigenvalue weighted by Crippen LogP contribution is 2.26. The van der Waals surface area contributed by atoms with Gasteiger partial charge in [-0.3, -0.25) is 4.79 Å². The van der Waals surface area contributed by atoms with Crippen molar-refractivity contribution in [3.05, 3.63) is 101 Å². The highest BCUT2D eigenvalue weighted by Gasteiger charge is 2.07. The first kappa shape index (κ1) is 22.7. The normalized spacial score (nSPS) is 11.8. The van der Waals surface area contributed by atoms with Gasteiger partial charge in [0.25, 0.3) is 0 Å². The van der Waals surface area contributed by atoms with Crippen LogP contribution in [0, 0.1) is 13.8 Å². The second kappa shape index (κ2) is 10.4. The molecule has 0 saturated carbocycles. The Morgan fingerprint density at radius 1 is 1.00 bits per heavy atom. The summed E-state index contributed by atoms with van der Waals surface area (Å²) in [6.07, 6.45) is 4.12. The number of carbonyl (C=O) groups excluding carboxylic acids is 1. The molecular formula is C27H28N2O3. The predicted molar refractivity (Wildman–Crippen MR) is 132 cm³/mol. The van der Waals surface area contributed by atoms with Crippen LogP contribution in [0.25, 0.3) is 12.2 Å². The molecule has 0 fully saturated rings. The maximum absolute atomic E-state index is 11.5. The van der Waals surface area contributed by atoms with E-state index in [9.17, 15) is 4.79 Å². The molecule has 5 nitrogen and oxygen atoms in total. The molecule has 0 bridgehead atoms. The van der Waals surface area contributed by atoms with Crippen molar-refractivity contribution in [3.63, 3.8) is 0 Å². The SMILES string of the molecule is C=C(Nc1cc(C)cc(C)c1)/C(C)=C/c1ccc(/C=C(/C=O)Oc2ccccc2NC)o1. The average Bonchev–Trinajstić information content (AvgIpc) is 3.19. The molecule has 5 heteroatoms. The fourth-order valence-electron chi connectivity index (χ4n) is 3.26. The molecule has 0 atom stereocenters. The summed E-state index contributed by atoms with van der Waals surface area (Å²) in [5.41, 5.74) is 5.88. The van der Waals surface area contributed by atoms with Crippen LogP contribution in [0.1, 0.15) is 29.6 Å². The third-order valence-electron chi connectivity index (χ3n) is 4.78. The molecule has 1 aromatic heterocycles. The van der Waals surface area contributed by atoms with E-state index in [-0.39, 0.29) is 5.76 Å². The summed E-state index contributed by atoms with van der Waals surface area (Å²) >= 11 is 0. The van der Waals surface area contributed by atoms with Crippen LogP contribution in [0.4, 0.5) is 11.4 Å². The van der Waals surface area contributed by atoms with Crippen molar-refractivity contribution < 1.29 is 13.9 Å². The summed E-state index contributed by atoms with van der Waals surface area (Å²) in [6.45, 7) is 10.2. The molecule has 2 N–H and O–H groups in total. The van der Waals surface area contributed by atoms with Gasteiger partial charge < -0.3 is 19.8 Å². The Kier molecular flexibility index (Phi) is 7.34. The van der Waals surface area contributed by atoms with E-state index in [0.29, 0.717) is 23.6 Å². The number of furan rings is 1. The Balaban J connectivity index is 1.72. The fourth-order valence-corrected chi connectivity index (χ4v) is 3.26. The number of hydrogen-bond acceptors (Lipinski definition) is 5. The molecule has 0 amide bonds. The fraction of sp³-hybridized carbons (Fsp3) is 0.148. The van der Waals surface area contributed by atoms with E-state index < -0.39 is 0 Å². The molecule has 3 rings (SSSR count). The van der Waals surface area contributed by atoms with Crippen LogP contribution >= 0.6 is 0 Å². The number of allylic oxidation sites excluding steroid dienone is 2. The number of rotatable bonds is 9. The summed E-state index contributed by atoms with van der Waals surface area (Å²) in [5, 5.41) is 6.38. The molecule has 164 valence electrons. The Labute approximate surface area is 189 Å². The number of hydrogen-bond donors (Lipinski definition) is 2. The topological polar surface area (TPSA) is 63.5 Å². The lowest BCUT2D eigenvalue weighted by molar-refractivity contribution is -0.106. The maximum Gasteiger partial charge on any atom is 0.185 e. The molecule has 0 spiro atoms. The number of aldehydes is 1. The van der Waals surface area contributed by atoms with Crippen molar-refractivity contribution in [2.75, 3.05) is 17.7 Å². The van der Waals surface area contributed by atoms with Crippen molar-refractivity contribution in [2.24, 2.45) is 0 Å². The number of carbonyl (C=O) groups is 1. The van der Waals surface area contributed by atoms with E-state index >= 15 is 0 Å². The summed E-state index contributed by atoms with van der Waals surface area (Å²) in [4.78, 5) is 11.5. The van der Waals surface area contributed by atoms with E-state index in [1.807, 2.05) is 37.3 Å². The first-order valence-corrected chi connectivity index (χ1v) is 10.3. The zero-order valence-electron chi connectivity index (χ0n) is 18.9. The van der Waals surface area contributed by atoms with E-state index in [0.717, 1.165) is 22.6 Å². The van der Waals surface area contributed by atoms with Gasteiger partial charge in [-0.2, -0.15) is 0 Å². The molecule has 0 aliphatic carbocycles. The summed E-state index contributed by atoms with van der Waals surface area (Å²) in [6, 6.07) is 17.3.